The molecule has 0 spiro atoms. The number of carbonyl (C=O) groups is 2. The van der Waals surface area contributed by atoms with Crippen LogP contribution in [0.25, 0.3) is 10.9 Å². The summed E-state index contributed by atoms with van der Waals surface area (Å²) in [5.74, 6) is -0.394. The van der Waals surface area contributed by atoms with E-state index in [0.717, 1.165) is 10.1 Å². The third-order valence-corrected chi connectivity index (χ3v) is 6.15. The van der Waals surface area contributed by atoms with Gasteiger partial charge >= 0.3 is 5.69 Å². The summed E-state index contributed by atoms with van der Waals surface area (Å²) >= 11 is 0. The van der Waals surface area contributed by atoms with Crippen LogP contribution in [-0.4, -0.2) is 51.1 Å². The van der Waals surface area contributed by atoms with Crippen LogP contribution in [0.15, 0.2) is 58.1 Å². The summed E-state index contributed by atoms with van der Waals surface area (Å²) in [5, 5.41) is 3.21. The molecule has 1 N–H and O–H groups in total. The minimum absolute atomic E-state index is 0.00142. The Morgan fingerprint density at radius 3 is 2.29 bits per heavy atom. The van der Waals surface area contributed by atoms with Crippen molar-refractivity contribution in [2.24, 2.45) is 0 Å². The lowest BCUT2D eigenvalue weighted by Crippen LogP contribution is -2.48. The molecule has 0 aliphatic carbocycles. The van der Waals surface area contributed by atoms with Gasteiger partial charge in [-0.15, -0.1) is 0 Å². The Morgan fingerprint density at radius 1 is 0.971 bits per heavy atom. The molecule has 3 aromatic rings. The standard InChI is InChI=1S/C26H30N4O5/c1-4-29-25(33)21-7-5-6-8-22(21)30(26(29)34)16-23(31)27-13-19-9-11-20(12-10-19)24(32)28-14-17(2)35-18(3)15-28/h5-12,17-18H,4,13-16H2,1-3H3,(H,27,31). The molecule has 184 valence electrons. The van der Waals surface area contributed by atoms with Gasteiger partial charge in [0.1, 0.15) is 6.54 Å². The highest BCUT2D eigenvalue weighted by atomic mass is 16.5. The predicted octanol–water partition coefficient (Wildman–Crippen LogP) is 1.75. The number of benzene rings is 2. The Morgan fingerprint density at radius 2 is 1.63 bits per heavy atom. The SMILES string of the molecule is CCn1c(=O)c2ccccc2n(CC(=O)NCc2ccc(C(=O)N3CC(C)OC(C)C3)cc2)c1=O. The van der Waals surface area contributed by atoms with Crippen molar-refractivity contribution in [1.82, 2.24) is 19.4 Å². The summed E-state index contributed by atoms with van der Waals surface area (Å²) < 4.78 is 8.14. The van der Waals surface area contributed by atoms with E-state index in [1.54, 1.807) is 60.4 Å². The van der Waals surface area contributed by atoms with E-state index in [4.69, 9.17) is 4.74 Å². The number of ether oxygens (including phenoxy) is 1. The lowest BCUT2D eigenvalue weighted by molar-refractivity contribution is -0.121. The van der Waals surface area contributed by atoms with E-state index in [-0.39, 0.29) is 49.2 Å². The molecule has 1 aliphatic rings. The largest absolute Gasteiger partial charge is 0.372 e. The first-order chi connectivity index (χ1) is 16.8. The second kappa shape index (κ2) is 10.3. The molecule has 0 radical (unpaired) electrons. The van der Waals surface area contributed by atoms with Crippen molar-refractivity contribution < 1.29 is 14.3 Å². The van der Waals surface area contributed by atoms with E-state index < -0.39 is 5.69 Å². The van der Waals surface area contributed by atoms with E-state index in [1.165, 1.54) is 4.57 Å². The molecule has 2 atom stereocenters. The van der Waals surface area contributed by atoms with Crippen molar-refractivity contribution in [2.75, 3.05) is 13.1 Å². The monoisotopic (exact) mass is 478 g/mol. The van der Waals surface area contributed by atoms with Crippen molar-refractivity contribution in [1.29, 1.82) is 0 Å². The summed E-state index contributed by atoms with van der Waals surface area (Å²) in [6.45, 7) is 7.00. The number of aromatic nitrogens is 2. The zero-order valence-corrected chi connectivity index (χ0v) is 20.2. The topological polar surface area (TPSA) is 103 Å². The molecule has 2 aromatic carbocycles. The predicted molar refractivity (Wildman–Crippen MR) is 132 cm³/mol. The van der Waals surface area contributed by atoms with Crippen LogP contribution < -0.4 is 16.6 Å². The third-order valence-electron chi connectivity index (χ3n) is 6.15. The second-order valence-electron chi connectivity index (χ2n) is 8.88. The van der Waals surface area contributed by atoms with Crippen LogP contribution in [0.1, 0.15) is 36.7 Å². The summed E-state index contributed by atoms with van der Waals surface area (Å²) in [6, 6.07) is 13.9. The quantitative estimate of drug-likeness (QED) is 0.582. The van der Waals surface area contributed by atoms with Crippen LogP contribution >= 0.6 is 0 Å². The van der Waals surface area contributed by atoms with E-state index in [2.05, 4.69) is 5.32 Å². The molecular formula is C26H30N4O5. The smallest absolute Gasteiger partial charge is 0.331 e. The fourth-order valence-electron chi connectivity index (χ4n) is 4.49. The van der Waals surface area contributed by atoms with Gasteiger partial charge in [-0.05, 0) is 50.6 Å². The fourth-order valence-corrected chi connectivity index (χ4v) is 4.49. The first kappa shape index (κ1) is 24.4. The number of hydrogen-bond donors (Lipinski definition) is 1. The molecule has 0 bridgehead atoms. The number of amides is 2. The van der Waals surface area contributed by atoms with Crippen LogP contribution in [0.4, 0.5) is 0 Å². The molecule has 4 rings (SSSR count). The molecule has 0 saturated carbocycles. The molecule has 1 aromatic heterocycles. The molecule has 1 fully saturated rings. The summed E-state index contributed by atoms with van der Waals surface area (Å²) in [4.78, 5) is 52.7. The van der Waals surface area contributed by atoms with Gasteiger partial charge in [-0.2, -0.15) is 0 Å². The number of fused-ring (bicyclic) bond motifs is 1. The van der Waals surface area contributed by atoms with Gasteiger partial charge in [0.25, 0.3) is 11.5 Å². The number of rotatable bonds is 6. The Kier molecular flexibility index (Phi) is 7.16. The van der Waals surface area contributed by atoms with E-state index >= 15 is 0 Å². The Hall–Kier alpha value is -3.72. The van der Waals surface area contributed by atoms with Gasteiger partial charge in [0, 0.05) is 31.7 Å². The molecule has 9 heteroatoms. The maximum absolute atomic E-state index is 12.8. The first-order valence-electron chi connectivity index (χ1n) is 11.8. The number of para-hydroxylation sites is 1. The van der Waals surface area contributed by atoms with E-state index in [1.807, 2.05) is 13.8 Å². The van der Waals surface area contributed by atoms with Crippen LogP contribution in [-0.2, 0) is 29.2 Å². The number of hydrogen-bond acceptors (Lipinski definition) is 5. The first-order valence-corrected chi connectivity index (χ1v) is 11.8. The molecule has 9 nitrogen and oxygen atoms in total. The van der Waals surface area contributed by atoms with Crippen molar-refractivity contribution >= 4 is 22.7 Å². The van der Waals surface area contributed by atoms with Crippen LogP contribution in [0.5, 0.6) is 0 Å². The van der Waals surface area contributed by atoms with Crippen molar-refractivity contribution in [2.45, 2.75) is 52.6 Å². The van der Waals surface area contributed by atoms with Crippen molar-refractivity contribution in [3.63, 3.8) is 0 Å². The molecule has 1 saturated heterocycles. The number of morpholine rings is 1. The molecule has 35 heavy (non-hydrogen) atoms. The molecule has 1 aliphatic heterocycles. The van der Waals surface area contributed by atoms with Crippen molar-refractivity contribution in [3.05, 3.63) is 80.5 Å². The van der Waals surface area contributed by atoms with Gasteiger partial charge in [0.2, 0.25) is 5.91 Å². The fraction of sp³-hybridized carbons (Fsp3) is 0.385. The van der Waals surface area contributed by atoms with Gasteiger partial charge < -0.3 is 15.0 Å². The molecule has 2 unspecified atom stereocenters. The van der Waals surface area contributed by atoms with Gasteiger partial charge in [-0.3, -0.25) is 23.5 Å². The number of carbonyl (C=O) groups excluding carboxylic acids is 2. The lowest BCUT2D eigenvalue weighted by atomic mass is 10.1. The summed E-state index contributed by atoms with van der Waals surface area (Å²) in [6.07, 6.45) is -0.00285. The second-order valence-corrected chi connectivity index (χ2v) is 8.88. The van der Waals surface area contributed by atoms with Gasteiger partial charge in [-0.25, -0.2) is 4.79 Å². The third kappa shape index (κ3) is 5.19. The average molecular weight is 479 g/mol. The van der Waals surface area contributed by atoms with Crippen LogP contribution in [0.3, 0.4) is 0 Å². The minimum Gasteiger partial charge on any atom is -0.372 e. The Balaban J connectivity index is 1.43. The zero-order valence-electron chi connectivity index (χ0n) is 20.2. The molecular weight excluding hydrogens is 448 g/mol. The highest BCUT2D eigenvalue weighted by Crippen LogP contribution is 2.15. The average Bonchev–Trinajstić information content (AvgIpc) is 2.85. The van der Waals surface area contributed by atoms with E-state index in [0.29, 0.717) is 29.6 Å². The Bertz CT molecular complexity index is 1350. The molecule has 2 amide bonds. The minimum atomic E-state index is -0.513. The van der Waals surface area contributed by atoms with Crippen molar-refractivity contribution in [3.8, 4) is 0 Å². The van der Waals surface area contributed by atoms with Crippen LogP contribution in [0.2, 0.25) is 0 Å². The summed E-state index contributed by atoms with van der Waals surface area (Å²) in [5.41, 5.74) is 0.967. The molecule has 2 heterocycles. The Labute approximate surface area is 202 Å². The number of nitrogens with zero attached hydrogens (tertiary/aromatic N) is 3. The maximum atomic E-state index is 12.8. The lowest BCUT2D eigenvalue weighted by Gasteiger charge is -2.35. The maximum Gasteiger partial charge on any atom is 0.331 e. The zero-order chi connectivity index (χ0) is 25.1. The van der Waals surface area contributed by atoms with Gasteiger partial charge in [-0.1, -0.05) is 24.3 Å². The summed E-state index contributed by atoms with van der Waals surface area (Å²) in [7, 11) is 0. The van der Waals surface area contributed by atoms with Crippen LogP contribution in [0, 0.1) is 0 Å². The van der Waals surface area contributed by atoms with E-state index in [9.17, 15) is 19.2 Å². The van der Waals surface area contributed by atoms with Gasteiger partial charge in [0.15, 0.2) is 0 Å². The highest BCUT2D eigenvalue weighted by molar-refractivity contribution is 5.94. The number of nitrogens with one attached hydrogen (secondary N) is 1. The van der Waals surface area contributed by atoms with Gasteiger partial charge in [0.05, 0.1) is 23.1 Å². The normalized spacial score (nSPS) is 18.0. The highest BCUT2D eigenvalue weighted by Gasteiger charge is 2.26.